The molecule has 3 rings (SSSR count). The van der Waals surface area contributed by atoms with E-state index in [1.54, 1.807) is 18.2 Å². The number of carbonyl (C=O) groups is 2. The SMILES string of the molecule is CC(=O)Nc1cc(C(=O)NC(=NC[C@H]2CCCO2)Nc2ccc(C)cc2)ccc1C. The van der Waals surface area contributed by atoms with Gasteiger partial charge in [-0.25, -0.2) is 4.99 Å². The molecule has 1 fully saturated rings. The molecule has 0 aromatic heterocycles. The number of carbonyl (C=O) groups excluding carboxylic acids is 2. The van der Waals surface area contributed by atoms with Gasteiger partial charge in [0.05, 0.1) is 12.6 Å². The van der Waals surface area contributed by atoms with Gasteiger partial charge in [0.15, 0.2) is 0 Å². The van der Waals surface area contributed by atoms with Crippen LogP contribution in [0.5, 0.6) is 0 Å². The maximum Gasteiger partial charge on any atom is 0.258 e. The first-order chi connectivity index (χ1) is 14.4. The van der Waals surface area contributed by atoms with Crippen LogP contribution in [0.2, 0.25) is 0 Å². The summed E-state index contributed by atoms with van der Waals surface area (Å²) in [6, 6.07) is 13.0. The molecular formula is C23H28N4O3. The second kappa shape index (κ2) is 10.0. The van der Waals surface area contributed by atoms with Gasteiger partial charge in [0.2, 0.25) is 11.9 Å². The van der Waals surface area contributed by atoms with E-state index < -0.39 is 0 Å². The highest BCUT2D eigenvalue weighted by Crippen LogP contribution is 2.17. The van der Waals surface area contributed by atoms with Crippen molar-refractivity contribution in [1.29, 1.82) is 0 Å². The quantitative estimate of drug-likeness (QED) is 0.520. The number of aliphatic imine (C=N–C) groups is 1. The van der Waals surface area contributed by atoms with Crippen molar-refractivity contribution in [2.24, 2.45) is 4.99 Å². The van der Waals surface area contributed by atoms with Crippen molar-refractivity contribution in [1.82, 2.24) is 5.32 Å². The van der Waals surface area contributed by atoms with E-state index in [-0.39, 0.29) is 17.9 Å². The largest absolute Gasteiger partial charge is 0.376 e. The number of hydrogen-bond acceptors (Lipinski definition) is 4. The second-order valence-electron chi connectivity index (χ2n) is 7.48. The van der Waals surface area contributed by atoms with Crippen LogP contribution in [0.15, 0.2) is 47.5 Å². The highest BCUT2D eigenvalue weighted by molar-refractivity contribution is 6.10. The van der Waals surface area contributed by atoms with E-state index in [1.807, 2.05) is 38.1 Å². The minimum atomic E-state index is -0.313. The summed E-state index contributed by atoms with van der Waals surface area (Å²) in [5.74, 6) is -0.135. The molecule has 2 aromatic rings. The number of anilines is 2. The molecule has 0 radical (unpaired) electrons. The minimum absolute atomic E-state index is 0.0717. The van der Waals surface area contributed by atoms with E-state index in [0.717, 1.165) is 36.3 Å². The lowest BCUT2D eigenvalue weighted by Gasteiger charge is -2.14. The third-order valence-corrected chi connectivity index (χ3v) is 4.83. The Labute approximate surface area is 176 Å². The van der Waals surface area contributed by atoms with E-state index in [1.165, 1.54) is 6.92 Å². The number of nitrogens with zero attached hydrogens (tertiary/aromatic N) is 1. The van der Waals surface area contributed by atoms with E-state index in [4.69, 9.17) is 4.74 Å². The lowest BCUT2D eigenvalue weighted by molar-refractivity contribution is -0.114. The first kappa shape index (κ1) is 21.5. The van der Waals surface area contributed by atoms with E-state index >= 15 is 0 Å². The molecule has 0 bridgehead atoms. The third-order valence-electron chi connectivity index (χ3n) is 4.83. The summed E-state index contributed by atoms with van der Waals surface area (Å²) < 4.78 is 5.64. The number of amides is 2. The summed E-state index contributed by atoms with van der Waals surface area (Å²) in [6.07, 6.45) is 2.07. The van der Waals surface area contributed by atoms with Gasteiger partial charge in [0, 0.05) is 30.5 Å². The monoisotopic (exact) mass is 408 g/mol. The summed E-state index contributed by atoms with van der Waals surface area (Å²) in [6.45, 7) is 6.55. The van der Waals surface area contributed by atoms with Gasteiger partial charge in [-0.1, -0.05) is 23.8 Å². The number of ether oxygens (including phenoxy) is 1. The molecule has 1 heterocycles. The zero-order chi connectivity index (χ0) is 21.5. The van der Waals surface area contributed by atoms with Gasteiger partial charge in [-0.15, -0.1) is 0 Å². The van der Waals surface area contributed by atoms with E-state index in [0.29, 0.717) is 23.8 Å². The minimum Gasteiger partial charge on any atom is -0.376 e. The van der Waals surface area contributed by atoms with E-state index in [2.05, 4.69) is 20.9 Å². The highest BCUT2D eigenvalue weighted by atomic mass is 16.5. The van der Waals surface area contributed by atoms with Crippen molar-refractivity contribution in [2.75, 3.05) is 23.8 Å². The molecule has 0 spiro atoms. The summed E-state index contributed by atoms with van der Waals surface area (Å²) in [4.78, 5) is 28.8. The van der Waals surface area contributed by atoms with Gasteiger partial charge in [0.25, 0.3) is 5.91 Å². The van der Waals surface area contributed by atoms with Crippen LogP contribution in [-0.2, 0) is 9.53 Å². The Hall–Kier alpha value is -3.19. The van der Waals surface area contributed by atoms with Crippen molar-refractivity contribution in [2.45, 2.75) is 39.7 Å². The number of nitrogens with one attached hydrogen (secondary N) is 3. The predicted molar refractivity (Wildman–Crippen MR) is 119 cm³/mol. The molecule has 0 saturated carbocycles. The summed E-state index contributed by atoms with van der Waals surface area (Å²) >= 11 is 0. The summed E-state index contributed by atoms with van der Waals surface area (Å²) in [5, 5.41) is 8.78. The van der Waals surface area contributed by atoms with Crippen LogP contribution in [-0.4, -0.2) is 37.0 Å². The average Bonchev–Trinajstić information content (AvgIpc) is 3.23. The van der Waals surface area contributed by atoms with Crippen LogP contribution in [0.1, 0.15) is 41.3 Å². The third kappa shape index (κ3) is 6.15. The summed E-state index contributed by atoms with van der Waals surface area (Å²) in [7, 11) is 0. The van der Waals surface area contributed by atoms with Crippen LogP contribution in [0.4, 0.5) is 11.4 Å². The zero-order valence-electron chi connectivity index (χ0n) is 17.6. The molecule has 2 aromatic carbocycles. The Morgan fingerprint density at radius 2 is 1.87 bits per heavy atom. The van der Waals surface area contributed by atoms with Crippen LogP contribution in [0.3, 0.4) is 0 Å². The second-order valence-corrected chi connectivity index (χ2v) is 7.48. The smallest absolute Gasteiger partial charge is 0.258 e. The fraction of sp³-hybridized carbons (Fsp3) is 0.348. The Bertz CT molecular complexity index is 932. The van der Waals surface area contributed by atoms with Gasteiger partial charge in [0.1, 0.15) is 0 Å². The molecule has 1 aliphatic heterocycles. The fourth-order valence-electron chi connectivity index (χ4n) is 3.13. The van der Waals surface area contributed by atoms with Crippen LogP contribution in [0.25, 0.3) is 0 Å². The van der Waals surface area contributed by atoms with Gasteiger partial charge in [-0.05, 0) is 56.5 Å². The maximum absolute atomic E-state index is 12.9. The van der Waals surface area contributed by atoms with Gasteiger partial charge >= 0.3 is 0 Å². The number of guanidine groups is 1. The molecule has 1 atom stereocenters. The molecule has 2 amide bonds. The molecule has 7 heteroatoms. The van der Waals surface area contributed by atoms with Crippen molar-refractivity contribution in [3.8, 4) is 0 Å². The molecule has 3 N–H and O–H groups in total. The summed E-state index contributed by atoms with van der Waals surface area (Å²) in [5.41, 5.74) is 3.90. The molecule has 1 aliphatic rings. The van der Waals surface area contributed by atoms with Gasteiger partial charge < -0.3 is 15.4 Å². The Morgan fingerprint density at radius 1 is 1.10 bits per heavy atom. The Kier molecular flexibility index (Phi) is 7.19. The van der Waals surface area contributed by atoms with E-state index in [9.17, 15) is 9.59 Å². The van der Waals surface area contributed by atoms with Gasteiger partial charge in [-0.3, -0.25) is 14.9 Å². The first-order valence-electron chi connectivity index (χ1n) is 10.1. The number of aryl methyl sites for hydroxylation is 2. The van der Waals surface area contributed by atoms with Crippen molar-refractivity contribution < 1.29 is 14.3 Å². The molecule has 30 heavy (non-hydrogen) atoms. The van der Waals surface area contributed by atoms with Crippen molar-refractivity contribution in [3.05, 3.63) is 59.2 Å². The molecule has 1 saturated heterocycles. The standard InChI is InChI=1S/C23H28N4O3/c1-15-6-10-19(11-7-15)26-23(24-14-20-5-4-12-30-20)27-22(29)18-9-8-16(2)21(13-18)25-17(3)28/h6-11,13,20H,4-5,12,14H2,1-3H3,(H,25,28)(H2,24,26,27,29)/t20-/m1/s1. The predicted octanol–water partition coefficient (Wildman–Crippen LogP) is 3.64. The van der Waals surface area contributed by atoms with Gasteiger partial charge in [-0.2, -0.15) is 0 Å². The molecule has 158 valence electrons. The van der Waals surface area contributed by atoms with Crippen molar-refractivity contribution >= 4 is 29.1 Å². The zero-order valence-corrected chi connectivity index (χ0v) is 17.6. The van der Waals surface area contributed by atoms with Crippen LogP contribution < -0.4 is 16.0 Å². The van der Waals surface area contributed by atoms with Crippen LogP contribution in [0, 0.1) is 13.8 Å². The molecular weight excluding hydrogens is 380 g/mol. The number of hydrogen-bond donors (Lipinski definition) is 3. The lowest BCUT2D eigenvalue weighted by atomic mass is 10.1. The number of benzene rings is 2. The highest BCUT2D eigenvalue weighted by Gasteiger charge is 2.16. The average molecular weight is 409 g/mol. The molecule has 0 aliphatic carbocycles. The molecule has 0 unspecified atom stereocenters. The number of rotatable bonds is 5. The van der Waals surface area contributed by atoms with Crippen molar-refractivity contribution in [3.63, 3.8) is 0 Å². The topological polar surface area (TPSA) is 91.8 Å². The van der Waals surface area contributed by atoms with Crippen LogP contribution >= 0.6 is 0 Å². The first-order valence-corrected chi connectivity index (χ1v) is 10.1. The maximum atomic E-state index is 12.9. The Morgan fingerprint density at radius 3 is 2.53 bits per heavy atom. The molecule has 7 nitrogen and oxygen atoms in total. The normalized spacial score (nSPS) is 16.2. The Balaban J connectivity index is 1.77. The fourth-order valence-corrected chi connectivity index (χ4v) is 3.13. The lowest BCUT2D eigenvalue weighted by Crippen LogP contribution is -2.36.